The largest absolute Gasteiger partial charge is 0.333 e. The summed E-state index contributed by atoms with van der Waals surface area (Å²) in [6, 6.07) is 3.47. The maximum absolute atomic E-state index is 13.4. The summed E-state index contributed by atoms with van der Waals surface area (Å²) in [4.78, 5) is 4.48. The number of thioether (sulfide) groups is 1. The summed E-state index contributed by atoms with van der Waals surface area (Å²) in [6.45, 7) is 4.07. The summed E-state index contributed by atoms with van der Waals surface area (Å²) in [6.07, 6.45) is 0.995. The van der Waals surface area contributed by atoms with Crippen molar-refractivity contribution in [3.05, 3.63) is 29.8 Å². The van der Waals surface area contributed by atoms with Gasteiger partial charge in [-0.3, -0.25) is 4.99 Å². The number of halogens is 2. The molecule has 0 spiro atoms. The van der Waals surface area contributed by atoms with Crippen molar-refractivity contribution >= 4 is 22.6 Å². The number of rotatable bonds is 1. The summed E-state index contributed by atoms with van der Waals surface area (Å²) in [5.74, 6) is -0.231. The molecule has 2 rings (SSSR count). The molecule has 0 aliphatic carbocycles. The minimum atomic E-state index is -0.600. The fourth-order valence-corrected chi connectivity index (χ4v) is 2.82. The first-order chi connectivity index (χ1) is 7.96. The Morgan fingerprint density at radius 2 is 2.12 bits per heavy atom. The summed E-state index contributed by atoms with van der Waals surface area (Å²) in [5, 5.41) is 3.59. The lowest BCUT2D eigenvalue weighted by Gasteiger charge is -2.26. The second-order valence-corrected chi connectivity index (χ2v) is 5.66. The maximum Gasteiger partial charge on any atom is 0.161 e. The predicted molar refractivity (Wildman–Crippen MR) is 68.6 cm³/mol. The van der Waals surface area contributed by atoms with Gasteiger partial charge in [0.15, 0.2) is 5.17 Å². The Morgan fingerprint density at radius 1 is 1.35 bits per heavy atom. The van der Waals surface area contributed by atoms with Crippen LogP contribution in [-0.2, 0) is 0 Å². The summed E-state index contributed by atoms with van der Waals surface area (Å²) >= 11 is 1.55. The number of benzene rings is 1. The van der Waals surface area contributed by atoms with Gasteiger partial charge in [-0.1, -0.05) is 11.8 Å². The number of hydrogen-bond acceptors (Lipinski definition) is 3. The fourth-order valence-electron chi connectivity index (χ4n) is 1.53. The normalized spacial score (nSPS) is 18.7. The Kier molecular flexibility index (Phi) is 3.38. The third-order valence-corrected chi connectivity index (χ3v) is 3.40. The Labute approximate surface area is 104 Å². The molecule has 92 valence electrons. The van der Waals surface area contributed by atoms with Gasteiger partial charge < -0.3 is 5.32 Å². The van der Waals surface area contributed by atoms with Crippen molar-refractivity contribution in [2.75, 3.05) is 11.1 Å². The van der Waals surface area contributed by atoms with Crippen molar-refractivity contribution in [1.29, 1.82) is 0 Å². The SMILES string of the molecule is CC1(C)CCSC(Nc2ccc(F)cc2F)=N1. The highest BCUT2D eigenvalue weighted by Gasteiger charge is 2.22. The van der Waals surface area contributed by atoms with Gasteiger partial charge in [0.25, 0.3) is 0 Å². The van der Waals surface area contributed by atoms with E-state index in [0.29, 0.717) is 5.17 Å². The number of hydrogen-bond donors (Lipinski definition) is 1. The molecule has 0 saturated heterocycles. The molecule has 0 atom stereocenters. The van der Waals surface area contributed by atoms with Crippen LogP contribution in [0.15, 0.2) is 23.2 Å². The molecule has 0 radical (unpaired) electrons. The first-order valence-electron chi connectivity index (χ1n) is 5.41. The zero-order valence-corrected chi connectivity index (χ0v) is 10.6. The van der Waals surface area contributed by atoms with Gasteiger partial charge in [0, 0.05) is 11.8 Å². The van der Waals surface area contributed by atoms with Gasteiger partial charge in [-0.25, -0.2) is 8.78 Å². The van der Waals surface area contributed by atoms with Crippen molar-refractivity contribution < 1.29 is 8.78 Å². The number of anilines is 1. The molecule has 5 heteroatoms. The van der Waals surface area contributed by atoms with Gasteiger partial charge in [-0.2, -0.15) is 0 Å². The van der Waals surface area contributed by atoms with Gasteiger partial charge >= 0.3 is 0 Å². The van der Waals surface area contributed by atoms with E-state index in [0.717, 1.165) is 18.2 Å². The fraction of sp³-hybridized carbons (Fsp3) is 0.417. The van der Waals surface area contributed by atoms with Crippen LogP contribution in [0.25, 0.3) is 0 Å². The van der Waals surface area contributed by atoms with E-state index in [-0.39, 0.29) is 11.2 Å². The molecule has 0 amide bonds. The quantitative estimate of drug-likeness (QED) is 0.829. The van der Waals surface area contributed by atoms with Gasteiger partial charge in [0.1, 0.15) is 11.6 Å². The summed E-state index contributed by atoms with van der Waals surface area (Å²) < 4.78 is 26.2. The van der Waals surface area contributed by atoms with Crippen LogP contribution < -0.4 is 5.32 Å². The van der Waals surface area contributed by atoms with Crippen LogP contribution in [0.3, 0.4) is 0 Å². The van der Waals surface area contributed by atoms with E-state index in [1.165, 1.54) is 12.1 Å². The topological polar surface area (TPSA) is 24.4 Å². The predicted octanol–water partition coefficient (Wildman–Crippen LogP) is 3.65. The molecular weight excluding hydrogens is 242 g/mol. The molecule has 1 N–H and O–H groups in total. The van der Waals surface area contributed by atoms with E-state index >= 15 is 0 Å². The van der Waals surface area contributed by atoms with Crippen LogP contribution >= 0.6 is 11.8 Å². The highest BCUT2D eigenvalue weighted by atomic mass is 32.2. The van der Waals surface area contributed by atoms with Crippen molar-refractivity contribution in [3.8, 4) is 0 Å². The molecule has 0 aromatic heterocycles. The molecule has 1 aromatic rings. The van der Waals surface area contributed by atoms with Gasteiger partial charge in [0.05, 0.1) is 11.2 Å². The van der Waals surface area contributed by atoms with E-state index < -0.39 is 11.6 Å². The number of nitrogens with zero attached hydrogens (tertiary/aromatic N) is 1. The lowest BCUT2D eigenvalue weighted by Crippen LogP contribution is -2.27. The molecule has 0 unspecified atom stereocenters. The first-order valence-corrected chi connectivity index (χ1v) is 6.40. The van der Waals surface area contributed by atoms with E-state index in [1.807, 2.05) is 13.8 Å². The molecule has 0 bridgehead atoms. The molecule has 17 heavy (non-hydrogen) atoms. The van der Waals surface area contributed by atoms with Crippen LogP contribution in [0.2, 0.25) is 0 Å². The molecule has 1 heterocycles. The van der Waals surface area contributed by atoms with Crippen LogP contribution in [-0.4, -0.2) is 16.5 Å². The monoisotopic (exact) mass is 256 g/mol. The Hall–Kier alpha value is -1.10. The minimum Gasteiger partial charge on any atom is -0.333 e. The Balaban J connectivity index is 2.18. The highest BCUT2D eigenvalue weighted by Crippen LogP contribution is 2.27. The standard InChI is InChI=1S/C12H14F2N2S/c1-12(2)5-6-17-11(16-12)15-10-4-3-8(13)7-9(10)14/h3-4,7H,5-6H2,1-2H3,(H,15,16). The molecule has 1 aliphatic rings. The van der Waals surface area contributed by atoms with Gasteiger partial charge in [-0.15, -0.1) is 0 Å². The Morgan fingerprint density at radius 3 is 2.76 bits per heavy atom. The molecule has 0 saturated carbocycles. The zero-order chi connectivity index (χ0) is 12.5. The maximum atomic E-state index is 13.4. The van der Waals surface area contributed by atoms with Crippen LogP contribution in [0.1, 0.15) is 20.3 Å². The average molecular weight is 256 g/mol. The molecular formula is C12H14F2N2S. The molecule has 1 aromatic carbocycles. The average Bonchev–Trinajstić information content (AvgIpc) is 2.21. The number of amidine groups is 1. The highest BCUT2D eigenvalue weighted by molar-refractivity contribution is 8.14. The van der Waals surface area contributed by atoms with Crippen molar-refractivity contribution in [2.24, 2.45) is 4.99 Å². The van der Waals surface area contributed by atoms with Crippen LogP contribution in [0.5, 0.6) is 0 Å². The minimum absolute atomic E-state index is 0.121. The van der Waals surface area contributed by atoms with E-state index in [4.69, 9.17) is 0 Å². The lowest BCUT2D eigenvalue weighted by molar-refractivity contribution is 0.507. The van der Waals surface area contributed by atoms with Crippen LogP contribution in [0, 0.1) is 11.6 Å². The summed E-state index contributed by atoms with van der Waals surface area (Å²) in [5.41, 5.74) is 0.139. The lowest BCUT2D eigenvalue weighted by atomic mass is 10.0. The smallest absolute Gasteiger partial charge is 0.161 e. The zero-order valence-electron chi connectivity index (χ0n) is 9.76. The summed E-state index contributed by atoms with van der Waals surface area (Å²) in [7, 11) is 0. The molecule has 1 aliphatic heterocycles. The first kappa shape index (κ1) is 12.4. The van der Waals surface area contributed by atoms with E-state index in [1.54, 1.807) is 11.8 Å². The van der Waals surface area contributed by atoms with Crippen molar-refractivity contribution in [1.82, 2.24) is 0 Å². The third kappa shape index (κ3) is 3.19. The molecule has 2 nitrogen and oxygen atoms in total. The second-order valence-electron chi connectivity index (χ2n) is 4.58. The van der Waals surface area contributed by atoms with Crippen molar-refractivity contribution in [2.45, 2.75) is 25.8 Å². The number of nitrogens with one attached hydrogen (secondary N) is 1. The van der Waals surface area contributed by atoms with E-state index in [9.17, 15) is 8.78 Å². The van der Waals surface area contributed by atoms with Gasteiger partial charge in [0.2, 0.25) is 0 Å². The van der Waals surface area contributed by atoms with Crippen LogP contribution in [0.4, 0.5) is 14.5 Å². The van der Waals surface area contributed by atoms with E-state index in [2.05, 4.69) is 10.3 Å². The Bertz CT molecular complexity index is 458. The molecule has 0 fully saturated rings. The second kappa shape index (κ2) is 4.64. The van der Waals surface area contributed by atoms with Gasteiger partial charge in [-0.05, 0) is 32.4 Å². The third-order valence-electron chi connectivity index (χ3n) is 2.53. The number of aliphatic imine (C=N–C) groups is 1. The van der Waals surface area contributed by atoms with Crippen molar-refractivity contribution in [3.63, 3.8) is 0 Å².